The maximum absolute atomic E-state index is 12.8. The van der Waals surface area contributed by atoms with Crippen LogP contribution in [0.4, 0.5) is 4.79 Å². The van der Waals surface area contributed by atoms with Crippen molar-refractivity contribution in [3.63, 3.8) is 0 Å². The van der Waals surface area contributed by atoms with Gasteiger partial charge in [-0.1, -0.05) is 24.1 Å². The molecule has 1 aliphatic carbocycles. The molecule has 7 heteroatoms. The molecule has 2 unspecified atom stereocenters. The van der Waals surface area contributed by atoms with E-state index in [0.717, 1.165) is 52.3 Å². The molecule has 2 heterocycles. The summed E-state index contributed by atoms with van der Waals surface area (Å²) >= 11 is 1.64. The van der Waals surface area contributed by atoms with E-state index in [0.29, 0.717) is 18.8 Å². The number of hydrogen-bond acceptors (Lipinski definition) is 5. The minimum Gasteiger partial charge on any atom is -0.490 e. The number of amides is 2. The quantitative estimate of drug-likeness (QED) is 0.459. The van der Waals surface area contributed by atoms with Gasteiger partial charge in [-0.25, -0.2) is 9.78 Å². The van der Waals surface area contributed by atoms with Crippen molar-refractivity contribution < 1.29 is 14.6 Å². The van der Waals surface area contributed by atoms with Crippen LogP contribution in [-0.2, 0) is 6.42 Å². The van der Waals surface area contributed by atoms with Gasteiger partial charge in [0.1, 0.15) is 10.8 Å². The molecule has 2 N–H and O–H groups in total. The first-order valence-corrected chi connectivity index (χ1v) is 13.3. The molecule has 1 aliphatic heterocycles. The molecule has 5 rings (SSSR count). The van der Waals surface area contributed by atoms with Gasteiger partial charge in [0.25, 0.3) is 0 Å². The van der Waals surface area contributed by atoms with E-state index < -0.39 is 6.10 Å². The molecule has 1 saturated heterocycles. The molecule has 6 nitrogen and oxygen atoms in total. The highest BCUT2D eigenvalue weighted by atomic mass is 32.1. The Kier molecular flexibility index (Phi) is 6.99. The standard InChI is InChI=1S/C29H31N3O3S/c1-4-19-15-20(10-13-26(19)35-18(2)3)28-30-16-27(36-28)24-9-5-8-23-22(24)11-12-25(23)31-29(34)32-14-6-7-21(33)17-32/h1,5,8-10,13,15-16,18,21,25,33H,6-7,11-12,14,17H2,2-3H3,(H,31,34). The average molecular weight is 502 g/mol. The molecule has 36 heavy (non-hydrogen) atoms. The molecule has 0 radical (unpaired) electrons. The van der Waals surface area contributed by atoms with Crippen LogP contribution in [0, 0.1) is 12.3 Å². The van der Waals surface area contributed by atoms with Crippen LogP contribution in [0.15, 0.2) is 42.6 Å². The van der Waals surface area contributed by atoms with Gasteiger partial charge in [-0.05, 0) is 74.4 Å². The molecule has 2 aliphatic rings. The highest BCUT2D eigenvalue weighted by Crippen LogP contribution is 2.41. The summed E-state index contributed by atoms with van der Waals surface area (Å²) in [6.07, 6.45) is 10.6. The fourth-order valence-electron chi connectivity index (χ4n) is 5.08. The fraction of sp³-hybridized carbons (Fsp3) is 0.379. The van der Waals surface area contributed by atoms with Crippen molar-refractivity contribution in [3.05, 3.63) is 59.3 Å². The molecule has 1 aromatic heterocycles. The number of rotatable bonds is 5. The molecular weight excluding hydrogens is 470 g/mol. The van der Waals surface area contributed by atoms with Crippen LogP contribution in [0.1, 0.15) is 55.8 Å². The first-order chi connectivity index (χ1) is 17.4. The van der Waals surface area contributed by atoms with Gasteiger partial charge in [0.2, 0.25) is 0 Å². The minimum atomic E-state index is -0.428. The number of benzene rings is 2. The molecular formula is C29H31N3O3S. The zero-order chi connectivity index (χ0) is 25.2. The van der Waals surface area contributed by atoms with Crippen molar-refractivity contribution in [3.8, 4) is 39.1 Å². The van der Waals surface area contributed by atoms with E-state index in [1.807, 2.05) is 38.2 Å². The summed E-state index contributed by atoms with van der Waals surface area (Å²) in [6, 6.07) is 12.1. The number of piperidine rings is 1. The number of carbonyl (C=O) groups excluding carboxylic acids is 1. The van der Waals surface area contributed by atoms with Gasteiger partial charge < -0.3 is 20.1 Å². The van der Waals surface area contributed by atoms with Gasteiger partial charge in [0.05, 0.1) is 28.7 Å². The Balaban J connectivity index is 1.36. The van der Waals surface area contributed by atoms with E-state index in [-0.39, 0.29) is 18.2 Å². The second kappa shape index (κ2) is 10.3. The predicted molar refractivity (Wildman–Crippen MR) is 143 cm³/mol. The number of aromatic nitrogens is 1. The topological polar surface area (TPSA) is 74.7 Å². The van der Waals surface area contributed by atoms with Gasteiger partial charge in [0.15, 0.2) is 0 Å². The third kappa shape index (κ3) is 4.97. The molecule has 186 valence electrons. The van der Waals surface area contributed by atoms with Gasteiger partial charge >= 0.3 is 6.03 Å². The lowest BCUT2D eigenvalue weighted by molar-refractivity contribution is 0.0833. The lowest BCUT2D eigenvalue weighted by Gasteiger charge is -2.31. The molecule has 2 aromatic carbocycles. The third-order valence-electron chi connectivity index (χ3n) is 6.77. The van der Waals surface area contributed by atoms with E-state index in [4.69, 9.17) is 16.1 Å². The van der Waals surface area contributed by atoms with Crippen LogP contribution in [-0.4, -0.2) is 46.3 Å². The number of nitrogens with one attached hydrogen (secondary N) is 1. The SMILES string of the molecule is C#Cc1cc(-c2ncc(-c3cccc4c3CCC4NC(=O)N3CCCC(O)C3)s2)ccc1OC(C)C. The minimum absolute atomic E-state index is 0.0226. The van der Waals surface area contributed by atoms with Gasteiger partial charge in [0, 0.05) is 24.8 Å². The zero-order valence-corrected chi connectivity index (χ0v) is 21.5. The second-order valence-corrected chi connectivity index (χ2v) is 10.7. The number of ether oxygens (including phenoxy) is 1. The molecule has 1 fully saturated rings. The summed E-state index contributed by atoms with van der Waals surface area (Å²) in [7, 11) is 0. The first kappa shape index (κ1) is 24.4. The van der Waals surface area contributed by atoms with Crippen molar-refractivity contribution in [1.82, 2.24) is 15.2 Å². The third-order valence-corrected chi connectivity index (χ3v) is 7.85. The van der Waals surface area contributed by atoms with Crippen LogP contribution in [0.25, 0.3) is 21.0 Å². The number of carbonyl (C=O) groups is 1. The Labute approximate surface area is 216 Å². The molecule has 2 atom stereocenters. The fourth-order valence-corrected chi connectivity index (χ4v) is 6.04. The Bertz CT molecular complexity index is 1310. The monoisotopic (exact) mass is 501 g/mol. The van der Waals surface area contributed by atoms with E-state index in [1.54, 1.807) is 16.2 Å². The summed E-state index contributed by atoms with van der Waals surface area (Å²) in [6.45, 7) is 5.06. The Morgan fingerprint density at radius 3 is 2.94 bits per heavy atom. The Morgan fingerprint density at radius 1 is 1.31 bits per heavy atom. The summed E-state index contributed by atoms with van der Waals surface area (Å²) in [5, 5.41) is 14.0. The van der Waals surface area contributed by atoms with Crippen molar-refractivity contribution in [2.24, 2.45) is 0 Å². The number of likely N-dealkylation sites (tertiary alicyclic amines) is 1. The van der Waals surface area contributed by atoms with Crippen molar-refractivity contribution in [2.75, 3.05) is 13.1 Å². The lowest BCUT2D eigenvalue weighted by atomic mass is 10.0. The Morgan fingerprint density at radius 2 is 2.17 bits per heavy atom. The molecule has 0 saturated carbocycles. The lowest BCUT2D eigenvalue weighted by Crippen LogP contribution is -2.47. The summed E-state index contributed by atoms with van der Waals surface area (Å²) < 4.78 is 5.83. The zero-order valence-electron chi connectivity index (χ0n) is 20.7. The number of fused-ring (bicyclic) bond motifs is 1. The maximum atomic E-state index is 12.8. The normalized spacial score (nSPS) is 19.1. The highest BCUT2D eigenvalue weighted by Gasteiger charge is 2.29. The molecule has 2 amide bonds. The number of aliphatic hydroxyl groups excluding tert-OH is 1. The number of aliphatic hydroxyl groups is 1. The van der Waals surface area contributed by atoms with E-state index in [2.05, 4.69) is 29.4 Å². The van der Waals surface area contributed by atoms with Crippen molar-refractivity contribution in [2.45, 2.75) is 57.8 Å². The second-order valence-electron chi connectivity index (χ2n) is 9.71. The number of nitrogens with zero attached hydrogens (tertiary/aromatic N) is 2. The predicted octanol–water partition coefficient (Wildman–Crippen LogP) is 5.40. The van der Waals surface area contributed by atoms with Crippen LogP contribution in [0.5, 0.6) is 5.75 Å². The average Bonchev–Trinajstić information content (AvgIpc) is 3.52. The van der Waals surface area contributed by atoms with E-state index in [1.165, 1.54) is 11.1 Å². The van der Waals surface area contributed by atoms with Crippen molar-refractivity contribution >= 4 is 17.4 Å². The largest absolute Gasteiger partial charge is 0.490 e. The van der Waals surface area contributed by atoms with Gasteiger partial charge in [-0.2, -0.15) is 0 Å². The van der Waals surface area contributed by atoms with Gasteiger partial charge in [-0.3, -0.25) is 0 Å². The van der Waals surface area contributed by atoms with Crippen LogP contribution in [0.2, 0.25) is 0 Å². The van der Waals surface area contributed by atoms with E-state index >= 15 is 0 Å². The van der Waals surface area contributed by atoms with Gasteiger partial charge in [-0.15, -0.1) is 17.8 Å². The van der Waals surface area contributed by atoms with Crippen LogP contribution >= 0.6 is 11.3 Å². The number of terminal acetylenes is 1. The highest BCUT2D eigenvalue weighted by molar-refractivity contribution is 7.18. The molecule has 0 spiro atoms. The van der Waals surface area contributed by atoms with E-state index in [9.17, 15) is 9.90 Å². The summed E-state index contributed by atoms with van der Waals surface area (Å²) in [5.74, 6) is 3.44. The first-order valence-electron chi connectivity index (χ1n) is 12.5. The summed E-state index contributed by atoms with van der Waals surface area (Å²) in [5.41, 5.74) is 5.29. The molecule has 3 aromatic rings. The number of hydrogen-bond donors (Lipinski definition) is 2. The smallest absolute Gasteiger partial charge is 0.317 e. The summed E-state index contributed by atoms with van der Waals surface area (Å²) in [4.78, 5) is 20.4. The Hall–Kier alpha value is -3.34. The van der Waals surface area contributed by atoms with Crippen LogP contribution < -0.4 is 10.1 Å². The molecule has 0 bridgehead atoms. The number of thiazole rings is 1. The maximum Gasteiger partial charge on any atom is 0.317 e. The van der Waals surface area contributed by atoms with Crippen LogP contribution in [0.3, 0.4) is 0 Å². The number of β-amino-alcohol motifs (C(OH)–C–C–N with tert-alkyl or cyclic N) is 1. The van der Waals surface area contributed by atoms with Crippen molar-refractivity contribution in [1.29, 1.82) is 0 Å². The number of urea groups is 1.